The van der Waals surface area contributed by atoms with E-state index in [0.717, 1.165) is 16.3 Å². The molecule has 0 spiro atoms. The van der Waals surface area contributed by atoms with Crippen molar-refractivity contribution in [1.29, 1.82) is 0 Å². The lowest BCUT2D eigenvalue weighted by Crippen LogP contribution is -2.08. The highest BCUT2D eigenvalue weighted by atomic mass is 32.2. The highest BCUT2D eigenvalue weighted by Gasteiger charge is 2.12. The number of aryl methyl sites for hydroxylation is 2. The Morgan fingerprint density at radius 3 is 2.79 bits per heavy atom. The van der Waals surface area contributed by atoms with Crippen LogP contribution in [0.4, 0.5) is 0 Å². The summed E-state index contributed by atoms with van der Waals surface area (Å²) in [7, 11) is 0. The molecule has 0 bridgehead atoms. The smallest absolute Gasteiger partial charge is 0.316 e. The molecule has 3 heterocycles. The number of hydrogen-bond donors (Lipinski definition) is 0. The zero-order chi connectivity index (χ0) is 16.9. The molecule has 0 fully saturated rings. The van der Waals surface area contributed by atoms with Gasteiger partial charge in [0.05, 0.1) is 10.6 Å². The van der Waals surface area contributed by atoms with Crippen LogP contribution in [-0.2, 0) is 16.1 Å². The minimum atomic E-state index is -0.384. The Balaban J connectivity index is 1.49. The van der Waals surface area contributed by atoms with Crippen LogP contribution in [0.1, 0.15) is 17.2 Å². The second-order valence-electron chi connectivity index (χ2n) is 4.88. The Morgan fingerprint density at radius 2 is 2.08 bits per heavy atom. The average Bonchev–Trinajstić information content (AvgIpc) is 3.20. The SMILES string of the molecule is Cc1cc(C)nc(SCC(=O)OCc2noc(-c3cccs3)n2)n1. The van der Waals surface area contributed by atoms with Crippen LogP contribution in [-0.4, -0.2) is 31.8 Å². The topological polar surface area (TPSA) is 91.0 Å². The van der Waals surface area contributed by atoms with Crippen molar-refractivity contribution < 1.29 is 14.1 Å². The van der Waals surface area contributed by atoms with Crippen molar-refractivity contribution in [2.24, 2.45) is 0 Å². The van der Waals surface area contributed by atoms with Crippen LogP contribution in [0.2, 0.25) is 0 Å². The summed E-state index contributed by atoms with van der Waals surface area (Å²) in [5.41, 5.74) is 1.73. The van der Waals surface area contributed by atoms with Crippen molar-refractivity contribution in [3.8, 4) is 10.8 Å². The van der Waals surface area contributed by atoms with E-state index in [9.17, 15) is 4.79 Å². The van der Waals surface area contributed by atoms with Gasteiger partial charge in [0.2, 0.25) is 5.82 Å². The van der Waals surface area contributed by atoms with E-state index in [1.165, 1.54) is 23.1 Å². The van der Waals surface area contributed by atoms with Crippen molar-refractivity contribution in [3.63, 3.8) is 0 Å². The average molecular weight is 362 g/mol. The molecule has 0 saturated heterocycles. The van der Waals surface area contributed by atoms with Gasteiger partial charge in [-0.1, -0.05) is 23.0 Å². The van der Waals surface area contributed by atoms with E-state index in [1.807, 2.05) is 37.4 Å². The lowest BCUT2D eigenvalue weighted by molar-refractivity contribution is -0.141. The number of thioether (sulfide) groups is 1. The number of carbonyl (C=O) groups excluding carboxylic acids is 1. The van der Waals surface area contributed by atoms with Crippen molar-refractivity contribution in [3.05, 3.63) is 40.8 Å². The molecule has 124 valence electrons. The first kappa shape index (κ1) is 16.6. The zero-order valence-corrected chi connectivity index (χ0v) is 14.7. The van der Waals surface area contributed by atoms with E-state index in [2.05, 4.69) is 20.1 Å². The third-order valence-corrected chi connectivity index (χ3v) is 4.52. The Morgan fingerprint density at radius 1 is 1.29 bits per heavy atom. The predicted octanol–water partition coefficient (Wildman–Crippen LogP) is 3.04. The van der Waals surface area contributed by atoms with Crippen LogP contribution < -0.4 is 0 Å². The summed E-state index contributed by atoms with van der Waals surface area (Å²) in [6, 6.07) is 5.66. The summed E-state index contributed by atoms with van der Waals surface area (Å²) in [4.78, 5) is 25.4. The van der Waals surface area contributed by atoms with E-state index in [-0.39, 0.29) is 18.3 Å². The summed E-state index contributed by atoms with van der Waals surface area (Å²) < 4.78 is 10.3. The maximum absolute atomic E-state index is 11.8. The first-order valence-electron chi connectivity index (χ1n) is 7.07. The van der Waals surface area contributed by atoms with Crippen LogP contribution >= 0.6 is 23.1 Å². The van der Waals surface area contributed by atoms with Gasteiger partial charge in [-0.15, -0.1) is 11.3 Å². The number of aromatic nitrogens is 4. The summed E-state index contributed by atoms with van der Waals surface area (Å²) in [6.45, 7) is 3.75. The van der Waals surface area contributed by atoms with Crippen molar-refractivity contribution in [2.75, 3.05) is 5.75 Å². The Bertz CT molecular complexity index is 813. The molecule has 0 saturated carbocycles. The summed E-state index contributed by atoms with van der Waals surface area (Å²) >= 11 is 2.74. The van der Waals surface area contributed by atoms with E-state index in [4.69, 9.17) is 9.26 Å². The molecule has 3 rings (SSSR count). The van der Waals surface area contributed by atoms with Crippen molar-refractivity contribution in [1.82, 2.24) is 20.1 Å². The molecule has 7 nitrogen and oxygen atoms in total. The molecule has 0 aliphatic carbocycles. The normalized spacial score (nSPS) is 10.8. The first-order chi connectivity index (χ1) is 11.6. The van der Waals surface area contributed by atoms with Gasteiger partial charge >= 0.3 is 5.97 Å². The number of carbonyl (C=O) groups is 1. The molecule has 9 heteroatoms. The third kappa shape index (κ3) is 4.39. The van der Waals surface area contributed by atoms with Crippen LogP contribution in [0.25, 0.3) is 10.8 Å². The van der Waals surface area contributed by atoms with Gasteiger partial charge in [0.25, 0.3) is 5.89 Å². The molecule has 0 radical (unpaired) electrons. The number of nitrogens with zero attached hydrogens (tertiary/aromatic N) is 4. The quantitative estimate of drug-likeness (QED) is 0.375. The molecule has 0 N–H and O–H groups in total. The maximum atomic E-state index is 11.8. The second kappa shape index (κ2) is 7.54. The Labute approximate surface area is 146 Å². The molecule has 0 aliphatic heterocycles. The van der Waals surface area contributed by atoms with Crippen molar-refractivity contribution in [2.45, 2.75) is 25.6 Å². The number of ether oxygens (including phenoxy) is 1. The van der Waals surface area contributed by atoms with Crippen LogP contribution in [0, 0.1) is 13.8 Å². The molecule has 0 aliphatic rings. The lowest BCUT2D eigenvalue weighted by atomic mass is 10.4. The standard InChI is InChI=1S/C15H14N4O3S2/c1-9-6-10(2)17-15(16-9)24-8-13(20)21-7-12-18-14(22-19-12)11-4-3-5-23-11/h3-6H,7-8H2,1-2H3. The fourth-order valence-corrected chi connectivity index (χ4v) is 3.27. The number of rotatable bonds is 6. The monoisotopic (exact) mass is 362 g/mol. The molecule has 0 aromatic carbocycles. The number of thiophene rings is 1. The number of hydrogen-bond acceptors (Lipinski definition) is 9. The highest BCUT2D eigenvalue weighted by Crippen LogP contribution is 2.22. The molecule has 0 atom stereocenters. The van der Waals surface area contributed by atoms with Gasteiger partial charge in [0.1, 0.15) is 0 Å². The molecule has 0 unspecified atom stereocenters. The second-order valence-corrected chi connectivity index (χ2v) is 6.77. The minimum absolute atomic E-state index is 0.0258. The van der Waals surface area contributed by atoms with Gasteiger partial charge in [-0.3, -0.25) is 4.79 Å². The Hall–Kier alpha value is -2.26. The lowest BCUT2D eigenvalue weighted by Gasteiger charge is -2.03. The van der Waals surface area contributed by atoms with Crippen LogP contribution in [0.3, 0.4) is 0 Å². The largest absolute Gasteiger partial charge is 0.457 e. The predicted molar refractivity (Wildman–Crippen MR) is 89.6 cm³/mol. The van der Waals surface area contributed by atoms with Gasteiger partial charge in [0.15, 0.2) is 11.8 Å². The summed E-state index contributed by atoms with van der Waals surface area (Å²) in [5, 5.41) is 6.28. The van der Waals surface area contributed by atoms with Gasteiger partial charge in [-0.25, -0.2) is 9.97 Å². The van der Waals surface area contributed by atoms with Gasteiger partial charge < -0.3 is 9.26 Å². The van der Waals surface area contributed by atoms with Gasteiger partial charge in [0, 0.05) is 11.4 Å². The Kier molecular flexibility index (Phi) is 5.21. The molecular weight excluding hydrogens is 348 g/mol. The molecule has 0 amide bonds. The third-order valence-electron chi connectivity index (χ3n) is 2.84. The van der Waals surface area contributed by atoms with Crippen molar-refractivity contribution >= 4 is 29.1 Å². The van der Waals surface area contributed by atoms with E-state index < -0.39 is 0 Å². The van der Waals surface area contributed by atoms with Gasteiger partial charge in [-0.05, 0) is 31.4 Å². The zero-order valence-electron chi connectivity index (χ0n) is 13.1. The minimum Gasteiger partial charge on any atom is -0.457 e. The summed E-state index contributed by atoms with van der Waals surface area (Å²) in [5.74, 6) is 0.497. The fourth-order valence-electron chi connectivity index (χ4n) is 1.88. The molecule has 3 aromatic rings. The maximum Gasteiger partial charge on any atom is 0.316 e. The number of esters is 1. The summed E-state index contributed by atoms with van der Waals surface area (Å²) in [6.07, 6.45) is 0. The fraction of sp³-hybridized carbons (Fsp3) is 0.267. The highest BCUT2D eigenvalue weighted by molar-refractivity contribution is 7.99. The van der Waals surface area contributed by atoms with Crippen LogP contribution in [0.15, 0.2) is 33.3 Å². The van der Waals surface area contributed by atoms with E-state index in [0.29, 0.717) is 16.9 Å². The van der Waals surface area contributed by atoms with E-state index in [1.54, 1.807) is 0 Å². The molecule has 3 aromatic heterocycles. The van der Waals surface area contributed by atoms with E-state index >= 15 is 0 Å². The molecule has 24 heavy (non-hydrogen) atoms. The van der Waals surface area contributed by atoms with Gasteiger partial charge in [-0.2, -0.15) is 4.98 Å². The molecular formula is C15H14N4O3S2. The first-order valence-corrected chi connectivity index (χ1v) is 8.94. The van der Waals surface area contributed by atoms with Crippen LogP contribution in [0.5, 0.6) is 0 Å².